The predicted molar refractivity (Wildman–Crippen MR) is 38.5 cm³/mol. The van der Waals surface area contributed by atoms with E-state index in [1.165, 1.54) is 24.8 Å². The molecule has 1 fully saturated rings. The molecule has 0 spiro atoms. The number of hydrogen-bond donors (Lipinski definition) is 1. The van der Waals surface area contributed by atoms with Crippen LogP contribution in [-0.2, 0) is 0 Å². The zero-order chi connectivity index (χ0) is 6.69. The SMILES string of the molecule is N#CC(CSN)C1CC1. The summed E-state index contributed by atoms with van der Waals surface area (Å²) in [5.41, 5.74) is 0. The third-order valence-corrected chi connectivity index (χ3v) is 2.18. The molecule has 0 radical (unpaired) electrons. The van der Waals surface area contributed by atoms with Gasteiger partial charge in [0.05, 0.1) is 12.0 Å². The first-order valence-corrected chi connectivity index (χ1v) is 4.14. The van der Waals surface area contributed by atoms with Crippen molar-refractivity contribution in [2.24, 2.45) is 17.0 Å². The lowest BCUT2D eigenvalue weighted by Crippen LogP contribution is -2.04. The van der Waals surface area contributed by atoms with E-state index in [9.17, 15) is 0 Å². The highest BCUT2D eigenvalue weighted by Crippen LogP contribution is 2.37. The van der Waals surface area contributed by atoms with Gasteiger partial charge >= 0.3 is 0 Å². The smallest absolute Gasteiger partial charge is 0.0667 e. The standard InChI is InChI=1S/C6H10N2S/c7-3-6(4-9-8)5-1-2-5/h5-6H,1-2,4,8H2. The molecule has 0 aromatic heterocycles. The summed E-state index contributed by atoms with van der Waals surface area (Å²) in [4.78, 5) is 0. The Morgan fingerprint density at radius 2 is 2.44 bits per heavy atom. The van der Waals surface area contributed by atoms with Crippen LogP contribution in [0.1, 0.15) is 12.8 Å². The number of nitrogens with zero attached hydrogens (tertiary/aromatic N) is 1. The minimum Gasteiger partial charge on any atom is -0.278 e. The molecule has 0 aliphatic heterocycles. The Hall–Kier alpha value is -0.200. The van der Waals surface area contributed by atoms with Crippen molar-refractivity contribution in [3.05, 3.63) is 0 Å². The van der Waals surface area contributed by atoms with Gasteiger partial charge in [0, 0.05) is 5.75 Å². The lowest BCUT2D eigenvalue weighted by Gasteiger charge is -2.01. The first-order valence-electron chi connectivity index (χ1n) is 3.09. The van der Waals surface area contributed by atoms with Crippen LogP contribution in [0, 0.1) is 23.2 Å². The molecule has 1 aliphatic carbocycles. The highest BCUT2D eigenvalue weighted by Gasteiger charge is 2.30. The van der Waals surface area contributed by atoms with Crippen molar-refractivity contribution in [2.75, 3.05) is 5.75 Å². The molecule has 0 aromatic carbocycles. The molecule has 9 heavy (non-hydrogen) atoms. The number of nitrogens with two attached hydrogens (primary N) is 1. The highest BCUT2D eigenvalue weighted by atomic mass is 32.2. The third kappa shape index (κ3) is 1.88. The molecule has 1 saturated carbocycles. The van der Waals surface area contributed by atoms with Gasteiger partial charge in [-0.05, 0) is 18.8 Å². The zero-order valence-corrected chi connectivity index (χ0v) is 6.03. The van der Waals surface area contributed by atoms with Gasteiger partial charge in [-0.2, -0.15) is 5.26 Å². The Kier molecular flexibility index (Phi) is 2.38. The molecule has 50 valence electrons. The molecular formula is C6H10N2S. The van der Waals surface area contributed by atoms with E-state index in [0.29, 0.717) is 5.92 Å². The van der Waals surface area contributed by atoms with Crippen molar-refractivity contribution in [3.8, 4) is 6.07 Å². The van der Waals surface area contributed by atoms with Crippen molar-refractivity contribution >= 4 is 11.9 Å². The third-order valence-electron chi connectivity index (χ3n) is 1.63. The van der Waals surface area contributed by atoms with Crippen molar-refractivity contribution < 1.29 is 0 Å². The van der Waals surface area contributed by atoms with Crippen molar-refractivity contribution in [2.45, 2.75) is 12.8 Å². The quantitative estimate of drug-likeness (QED) is 0.601. The van der Waals surface area contributed by atoms with Gasteiger partial charge in [0.2, 0.25) is 0 Å². The molecule has 0 aromatic rings. The Morgan fingerprint density at radius 1 is 1.78 bits per heavy atom. The van der Waals surface area contributed by atoms with Crippen LogP contribution >= 0.6 is 11.9 Å². The topological polar surface area (TPSA) is 49.8 Å². The minimum atomic E-state index is 0.222. The van der Waals surface area contributed by atoms with Crippen molar-refractivity contribution in [3.63, 3.8) is 0 Å². The molecule has 1 atom stereocenters. The van der Waals surface area contributed by atoms with E-state index >= 15 is 0 Å². The summed E-state index contributed by atoms with van der Waals surface area (Å²) in [6.45, 7) is 0. The average Bonchev–Trinajstić information content (AvgIpc) is 2.64. The van der Waals surface area contributed by atoms with E-state index in [1.807, 2.05) is 0 Å². The van der Waals surface area contributed by atoms with Crippen molar-refractivity contribution in [1.82, 2.24) is 0 Å². The van der Waals surface area contributed by atoms with Crippen LogP contribution in [0.2, 0.25) is 0 Å². The van der Waals surface area contributed by atoms with E-state index in [1.54, 1.807) is 0 Å². The highest BCUT2D eigenvalue weighted by molar-refractivity contribution is 7.97. The van der Waals surface area contributed by atoms with Gasteiger partial charge in [-0.3, -0.25) is 5.14 Å². The first-order chi connectivity index (χ1) is 4.38. The predicted octanol–water partition coefficient (Wildman–Crippen LogP) is 1.14. The van der Waals surface area contributed by atoms with Crippen LogP contribution in [0.4, 0.5) is 0 Å². The van der Waals surface area contributed by atoms with Gasteiger partial charge in [-0.15, -0.1) is 0 Å². The van der Waals surface area contributed by atoms with Crippen LogP contribution in [0.5, 0.6) is 0 Å². The zero-order valence-electron chi connectivity index (χ0n) is 5.21. The molecule has 2 N–H and O–H groups in total. The lowest BCUT2D eigenvalue weighted by molar-refractivity contribution is 0.652. The number of rotatable bonds is 3. The Morgan fingerprint density at radius 3 is 2.78 bits per heavy atom. The maximum atomic E-state index is 8.55. The maximum absolute atomic E-state index is 8.55. The molecule has 1 unspecified atom stereocenters. The average molecular weight is 142 g/mol. The van der Waals surface area contributed by atoms with E-state index < -0.39 is 0 Å². The summed E-state index contributed by atoms with van der Waals surface area (Å²) < 4.78 is 0. The fourth-order valence-electron chi connectivity index (χ4n) is 0.881. The molecule has 1 rings (SSSR count). The van der Waals surface area contributed by atoms with E-state index in [2.05, 4.69) is 6.07 Å². The van der Waals surface area contributed by atoms with Crippen LogP contribution in [0.15, 0.2) is 0 Å². The van der Waals surface area contributed by atoms with Crippen LogP contribution in [-0.4, -0.2) is 5.75 Å². The molecule has 0 amide bonds. The molecular weight excluding hydrogens is 132 g/mol. The Labute approximate surface area is 59.5 Å². The Balaban J connectivity index is 2.23. The van der Waals surface area contributed by atoms with E-state index in [4.69, 9.17) is 10.4 Å². The normalized spacial score (nSPS) is 20.9. The van der Waals surface area contributed by atoms with E-state index in [-0.39, 0.29) is 5.92 Å². The summed E-state index contributed by atoms with van der Waals surface area (Å²) in [6.07, 6.45) is 2.47. The van der Waals surface area contributed by atoms with Crippen LogP contribution < -0.4 is 5.14 Å². The second-order valence-electron chi connectivity index (χ2n) is 2.41. The fraction of sp³-hybridized carbons (Fsp3) is 0.833. The summed E-state index contributed by atoms with van der Waals surface area (Å²) in [6, 6.07) is 2.26. The van der Waals surface area contributed by atoms with Gasteiger partial charge in [-0.25, -0.2) is 0 Å². The summed E-state index contributed by atoms with van der Waals surface area (Å²) in [5, 5.41) is 13.8. The fourth-order valence-corrected chi connectivity index (χ4v) is 1.44. The monoisotopic (exact) mass is 142 g/mol. The Bertz CT molecular complexity index is 126. The minimum absolute atomic E-state index is 0.222. The lowest BCUT2D eigenvalue weighted by atomic mass is 10.1. The van der Waals surface area contributed by atoms with E-state index in [0.717, 1.165) is 5.75 Å². The number of nitriles is 1. The van der Waals surface area contributed by atoms with Gasteiger partial charge < -0.3 is 0 Å². The van der Waals surface area contributed by atoms with Gasteiger partial charge in [-0.1, -0.05) is 11.9 Å². The molecule has 0 bridgehead atoms. The number of hydrogen-bond acceptors (Lipinski definition) is 3. The van der Waals surface area contributed by atoms with Crippen LogP contribution in [0.25, 0.3) is 0 Å². The van der Waals surface area contributed by atoms with Gasteiger partial charge in [0.25, 0.3) is 0 Å². The maximum Gasteiger partial charge on any atom is 0.0667 e. The van der Waals surface area contributed by atoms with Crippen molar-refractivity contribution in [1.29, 1.82) is 5.26 Å². The summed E-state index contributed by atoms with van der Waals surface area (Å²) in [5.74, 6) is 1.70. The first kappa shape index (κ1) is 6.91. The molecule has 1 aliphatic rings. The van der Waals surface area contributed by atoms with Gasteiger partial charge in [0.15, 0.2) is 0 Å². The summed E-state index contributed by atoms with van der Waals surface area (Å²) >= 11 is 1.28. The molecule has 2 nitrogen and oxygen atoms in total. The van der Waals surface area contributed by atoms with Crippen LogP contribution in [0.3, 0.4) is 0 Å². The second-order valence-corrected chi connectivity index (χ2v) is 3.07. The largest absolute Gasteiger partial charge is 0.278 e. The summed E-state index contributed by atoms with van der Waals surface area (Å²) in [7, 11) is 0. The molecule has 0 saturated heterocycles. The second kappa shape index (κ2) is 3.09. The molecule has 0 heterocycles. The molecule has 3 heteroatoms. The van der Waals surface area contributed by atoms with Gasteiger partial charge in [0.1, 0.15) is 0 Å².